The largest absolute Gasteiger partial charge is 0.387 e. The average molecular weight is 283 g/mol. The fraction of sp³-hybridized carbons (Fsp3) is 0.286. The van der Waals surface area contributed by atoms with E-state index in [9.17, 15) is 13.9 Å². The second-order valence-corrected chi connectivity index (χ2v) is 5.05. The molecule has 0 aliphatic rings. The van der Waals surface area contributed by atoms with Crippen molar-refractivity contribution >= 4 is 11.3 Å². The van der Waals surface area contributed by atoms with E-state index >= 15 is 0 Å². The van der Waals surface area contributed by atoms with Crippen LogP contribution in [0.3, 0.4) is 0 Å². The van der Waals surface area contributed by atoms with Gasteiger partial charge >= 0.3 is 0 Å². The molecule has 0 saturated carbocycles. The molecule has 1 unspecified atom stereocenters. The van der Waals surface area contributed by atoms with Crippen molar-refractivity contribution in [2.24, 2.45) is 0 Å². The minimum absolute atomic E-state index is 0.0111. The minimum Gasteiger partial charge on any atom is -0.387 e. The summed E-state index contributed by atoms with van der Waals surface area (Å²) in [5.74, 6) is -1.14. The van der Waals surface area contributed by atoms with Crippen LogP contribution in [0.25, 0.3) is 0 Å². The van der Waals surface area contributed by atoms with E-state index in [2.05, 4.69) is 10.7 Å². The number of thiophene rings is 1. The van der Waals surface area contributed by atoms with E-state index in [1.54, 1.807) is 11.3 Å². The van der Waals surface area contributed by atoms with Crippen molar-refractivity contribution in [3.63, 3.8) is 0 Å². The van der Waals surface area contributed by atoms with Gasteiger partial charge in [-0.1, -0.05) is 0 Å². The number of benzene rings is 1. The van der Waals surface area contributed by atoms with Gasteiger partial charge in [-0.3, -0.25) is 0 Å². The van der Waals surface area contributed by atoms with Crippen LogP contribution < -0.4 is 5.32 Å². The smallest absolute Gasteiger partial charge is 0.129 e. The monoisotopic (exact) mass is 283 g/mol. The summed E-state index contributed by atoms with van der Waals surface area (Å²) >= 11 is 1.64. The molecule has 2 N–H and O–H groups in total. The quantitative estimate of drug-likeness (QED) is 0.799. The average Bonchev–Trinajstić information content (AvgIpc) is 2.90. The Kier molecular flexibility index (Phi) is 5.01. The Hall–Kier alpha value is -1.30. The van der Waals surface area contributed by atoms with E-state index in [1.165, 1.54) is 5.56 Å². The first-order valence-electron chi connectivity index (χ1n) is 6.01. The van der Waals surface area contributed by atoms with Gasteiger partial charge in [0, 0.05) is 12.1 Å². The lowest BCUT2D eigenvalue weighted by Crippen LogP contribution is -2.24. The summed E-state index contributed by atoms with van der Waals surface area (Å²) in [6, 6.07) is 5.13. The molecule has 5 heteroatoms. The molecule has 0 saturated heterocycles. The van der Waals surface area contributed by atoms with E-state index in [4.69, 9.17) is 0 Å². The first kappa shape index (κ1) is 14.1. The van der Waals surface area contributed by atoms with Gasteiger partial charge in [0.1, 0.15) is 11.6 Å². The number of nitrogens with one attached hydrogen (secondary N) is 1. The Morgan fingerprint density at radius 3 is 2.84 bits per heavy atom. The third-order valence-corrected chi connectivity index (χ3v) is 3.56. The van der Waals surface area contributed by atoms with Crippen molar-refractivity contribution in [1.82, 2.24) is 5.32 Å². The van der Waals surface area contributed by atoms with Crippen LogP contribution in [0.15, 0.2) is 35.0 Å². The summed E-state index contributed by atoms with van der Waals surface area (Å²) in [4.78, 5) is 0. The molecule has 19 heavy (non-hydrogen) atoms. The van der Waals surface area contributed by atoms with Crippen LogP contribution in [0.2, 0.25) is 0 Å². The SMILES string of the molecule is OC(CNCCc1ccsc1)c1cc(F)ccc1F. The molecule has 0 spiro atoms. The molecular weight excluding hydrogens is 268 g/mol. The van der Waals surface area contributed by atoms with Gasteiger partial charge in [0.2, 0.25) is 0 Å². The fourth-order valence-electron chi connectivity index (χ4n) is 1.79. The van der Waals surface area contributed by atoms with Crippen LogP contribution in [-0.4, -0.2) is 18.2 Å². The van der Waals surface area contributed by atoms with E-state index < -0.39 is 17.7 Å². The van der Waals surface area contributed by atoms with E-state index in [-0.39, 0.29) is 12.1 Å². The highest BCUT2D eigenvalue weighted by atomic mass is 32.1. The second kappa shape index (κ2) is 6.75. The summed E-state index contributed by atoms with van der Waals surface area (Å²) in [5.41, 5.74) is 1.21. The third kappa shape index (κ3) is 4.09. The lowest BCUT2D eigenvalue weighted by Gasteiger charge is -2.13. The van der Waals surface area contributed by atoms with Crippen molar-refractivity contribution < 1.29 is 13.9 Å². The number of hydrogen-bond acceptors (Lipinski definition) is 3. The summed E-state index contributed by atoms with van der Waals surface area (Å²) in [6.45, 7) is 0.884. The van der Waals surface area contributed by atoms with E-state index in [1.807, 2.05) is 11.4 Å². The Balaban J connectivity index is 1.80. The lowest BCUT2D eigenvalue weighted by molar-refractivity contribution is 0.170. The minimum atomic E-state index is -1.04. The normalized spacial score (nSPS) is 12.6. The zero-order valence-corrected chi connectivity index (χ0v) is 11.1. The molecule has 1 atom stereocenters. The molecule has 0 bridgehead atoms. The second-order valence-electron chi connectivity index (χ2n) is 4.27. The van der Waals surface area contributed by atoms with Crippen LogP contribution in [0.4, 0.5) is 8.78 Å². The summed E-state index contributed by atoms with van der Waals surface area (Å²) in [5, 5.41) is 16.9. The van der Waals surface area contributed by atoms with Gasteiger partial charge in [0.25, 0.3) is 0 Å². The molecule has 2 aromatic rings. The molecule has 1 aromatic heterocycles. The van der Waals surface area contributed by atoms with Crippen molar-refractivity contribution in [2.45, 2.75) is 12.5 Å². The highest BCUT2D eigenvalue weighted by molar-refractivity contribution is 7.07. The van der Waals surface area contributed by atoms with Gasteiger partial charge in [-0.2, -0.15) is 11.3 Å². The topological polar surface area (TPSA) is 32.3 Å². The Morgan fingerprint density at radius 1 is 1.26 bits per heavy atom. The molecule has 0 aliphatic carbocycles. The molecular formula is C14H15F2NOS. The lowest BCUT2D eigenvalue weighted by atomic mass is 10.1. The molecule has 2 rings (SSSR count). The highest BCUT2D eigenvalue weighted by Crippen LogP contribution is 2.17. The van der Waals surface area contributed by atoms with Crippen LogP contribution in [0.1, 0.15) is 17.2 Å². The predicted octanol–water partition coefficient (Wildman–Crippen LogP) is 2.89. The number of rotatable bonds is 6. The molecule has 0 radical (unpaired) electrons. The highest BCUT2D eigenvalue weighted by Gasteiger charge is 2.13. The first-order valence-corrected chi connectivity index (χ1v) is 6.96. The molecule has 0 aliphatic heterocycles. The summed E-state index contributed by atoms with van der Waals surface area (Å²) in [7, 11) is 0. The van der Waals surface area contributed by atoms with Gasteiger partial charge in [0.05, 0.1) is 6.10 Å². The zero-order chi connectivity index (χ0) is 13.7. The van der Waals surface area contributed by atoms with Gasteiger partial charge < -0.3 is 10.4 Å². The molecule has 0 fully saturated rings. The van der Waals surface area contributed by atoms with Crippen LogP contribution >= 0.6 is 11.3 Å². The third-order valence-electron chi connectivity index (χ3n) is 2.83. The molecule has 0 amide bonds. The fourth-order valence-corrected chi connectivity index (χ4v) is 2.49. The molecule has 102 valence electrons. The predicted molar refractivity (Wildman–Crippen MR) is 72.2 cm³/mol. The van der Waals surface area contributed by atoms with Gasteiger partial charge in [-0.05, 0) is 53.6 Å². The standard InChI is InChI=1S/C14H15F2NOS/c15-11-1-2-13(16)12(7-11)14(18)8-17-5-3-10-4-6-19-9-10/h1-2,4,6-7,9,14,17-18H,3,5,8H2. The first-order chi connectivity index (χ1) is 9.16. The van der Waals surface area contributed by atoms with Gasteiger partial charge in [-0.25, -0.2) is 8.78 Å². The maximum Gasteiger partial charge on any atom is 0.129 e. The van der Waals surface area contributed by atoms with Crippen molar-refractivity contribution in [1.29, 1.82) is 0 Å². The van der Waals surface area contributed by atoms with Crippen molar-refractivity contribution in [2.75, 3.05) is 13.1 Å². The maximum absolute atomic E-state index is 13.4. The maximum atomic E-state index is 13.4. The summed E-state index contributed by atoms with van der Waals surface area (Å²) < 4.78 is 26.4. The number of halogens is 2. The van der Waals surface area contributed by atoms with E-state index in [0.717, 1.165) is 24.6 Å². The Morgan fingerprint density at radius 2 is 2.11 bits per heavy atom. The number of aliphatic hydroxyl groups is 1. The van der Waals surface area contributed by atoms with Crippen LogP contribution in [-0.2, 0) is 6.42 Å². The van der Waals surface area contributed by atoms with Crippen molar-refractivity contribution in [3.8, 4) is 0 Å². The molecule has 1 heterocycles. The number of aliphatic hydroxyl groups excluding tert-OH is 1. The van der Waals surface area contributed by atoms with Gasteiger partial charge in [-0.15, -0.1) is 0 Å². The molecule has 2 nitrogen and oxygen atoms in total. The van der Waals surface area contributed by atoms with Crippen LogP contribution in [0, 0.1) is 11.6 Å². The van der Waals surface area contributed by atoms with Crippen molar-refractivity contribution in [3.05, 3.63) is 57.8 Å². The molecule has 1 aromatic carbocycles. The van der Waals surface area contributed by atoms with Gasteiger partial charge in [0.15, 0.2) is 0 Å². The van der Waals surface area contributed by atoms with Crippen LogP contribution in [0.5, 0.6) is 0 Å². The zero-order valence-electron chi connectivity index (χ0n) is 10.3. The Labute approximate surface area is 114 Å². The van der Waals surface area contributed by atoms with E-state index in [0.29, 0.717) is 6.54 Å². The summed E-state index contributed by atoms with van der Waals surface area (Å²) in [6.07, 6.45) is -0.194. The Bertz CT molecular complexity index is 516. The number of hydrogen-bond donors (Lipinski definition) is 2.